The largest absolute Gasteiger partial charge is 0.496 e. The molecule has 2 aromatic rings. The predicted octanol–water partition coefficient (Wildman–Crippen LogP) is 1.27. The molecule has 1 saturated heterocycles. The van der Waals surface area contributed by atoms with Crippen molar-refractivity contribution >= 4 is 11.8 Å². The number of benzene rings is 1. The monoisotopic (exact) mass is 383 g/mol. The maximum absolute atomic E-state index is 12.7. The molecule has 2 atom stereocenters. The van der Waals surface area contributed by atoms with Crippen LogP contribution in [0.2, 0.25) is 0 Å². The number of rotatable bonds is 6. The highest BCUT2D eigenvalue weighted by Crippen LogP contribution is 2.22. The first kappa shape index (κ1) is 19.8. The number of aliphatic hydroxyl groups is 1. The van der Waals surface area contributed by atoms with E-state index in [9.17, 15) is 14.7 Å². The average molecular weight is 383 g/mol. The lowest BCUT2D eigenvalue weighted by Gasteiger charge is -2.38. The van der Waals surface area contributed by atoms with Gasteiger partial charge in [-0.05, 0) is 24.6 Å². The van der Waals surface area contributed by atoms with Crippen molar-refractivity contribution in [2.24, 2.45) is 5.92 Å². The van der Waals surface area contributed by atoms with Crippen molar-refractivity contribution in [3.8, 4) is 5.75 Å². The lowest BCUT2D eigenvalue weighted by Crippen LogP contribution is -2.53. The second-order valence-electron chi connectivity index (χ2n) is 6.88. The number of aromatic nitrogens is 1. The lowest BCUT2D eigenvalue weighted by atomic mass is 9.92. The van der Waals surface area contributed by atoms with Crippen LogP contribution in [0.15, 0.2) is 48.8 Å². The normalized spacial score (nSPS) is 19.1. The summed E-state index contributed by atoms with van der Waals surface area (Å²) in [6, 6.07) is 10.7. The fraction of sp³-hybridized carbons (Fsp3) is 0.381. The average Bonchev–Trinajstić information content (AvgIpc) is 2.74. The molecule has 1 aliphatic rings. The molecule has 1 aromatic carbocycles. The molecule has 0 aliphatic carbocycles. The molecule has 0 radical (unpaired) electrons. The standard InChI is InChI=1S/C21H25N3O4/c1-28-19-7-3-2-5-15(19)11-20(26)24-10-8-18(17(13-24)14-25)23-21(27)16-6-4-9-22-12-16/h2-7,9,12,17-18,25H,8,10-11,13-14H2,1H3,(H,23,27)/t17-,18-/m1/s1. The number of likely N-dealkylation sites (tertiary alicyclic amines) is 1. The van der Waals surface area contributed by atoms with Crippen molar-refractivity contribution in [1.82, 2.24) is 15.2 Å². The lowest BCUT2D eigenvalue weighted by molar-refractivity contribution is -0.133. The van der Waals surface area contributed by atoms with E-state index in [1.807, 2.05) is 24.3 Å². The van der Waals surface area contributed by atoms with Crippen LogP contribution in [0, 0.1) is 5.92 Å². The van der Waals surface area contributed by atoms with Gasteiger partial charge in [0.15, 0.2) is 0 Å². The number of para-hydroxylation sites is 1. The summed E-state index contributed by atoms with van der Waals surface area (Å²) in [7, 11) is 1.58. The Morgan fingerprint density at radius 3 is 2.82 bits per heavy atom. The van der Waals surface area contributed by atoms with Gasteiger partial charge in [-0.1, -0.05) is 18.2 Å². The van der Waals surface area contributed by atoms with Crippen LogP contribution >= 0.6 is 0 Å². The summed E-state index contributed by atoms with van der Waals surface area (Å²) in [5.74, 6) is 0.245. The first-order valence-electron chi connectivity index (χ1n) is 9.33. The van der Waals surface area contributed by atoms with Crippen molar-refractivity contribution in [3.63, 3.8) is 0 Å². The molecule has 0 unspecified atom stereocenters. The first-order chi connectivity index (χ1) is 13.6. The van der Waals surface area contributed by atoms with E-state index < -0.39 is 0 Å². The molecule has 2 amide bonds. The summed E-state index contributed by atoms with van der Waals surface area (Å²) in [5, 5.41) is 12.8. The summed E-state index contributed by atoms with van der Waals surface area (Å²) >= 11 is 0. The zero-order valence-corrected chi connectivity index (χ0v) is 15.9. The van der Waals surface area contributed by atoms with E-state index in [1.54, 1.807) is 30.3 Å². The van der Waals surface area contributed by atoms with Crippen LogP contribution in [0.5, 0.6) is 5.75 Å². The quantitative estimate of drug-likeness (QED) is 0.784. The Balaban J connectivity index is 1.60. The molecular weight excluding hydrogens is 358 g/mol. The van der Waals surface area contributed by atoms with Crippen molar-refractivity contribution in [2.45, 2.75) is 18.9 Å². The minimum absolute atomic E-state index is 0.0139. The maximum Gasteiger partial charge on any atom is 0.253 e. The van der Waals surface area contributed by atoms with Crippen LogP contribution in [0.1, 0.15) is 22.3 Å². The van der Waals surface area contributed by atoms with Gasteiger partial charge < -0.3 is 20.1 Å². The number of pyridine rings is 1. The van der Waals surface area contributed by atoms with Crippen molar-refractivity contribution < 1.29 is 19.4 Å². The molecule has 148 valence electrons. The summed E-state index contributed by atoms with van der Waals surface area (Å²) in [5.41, 5.74) is 1.32. The molecule has 1 aliphatic heterocycles. The molecule has 7 heteroatoms. The van der Waals surface area contributed by atoms with Gasteiger partial charge in [0, 0.05) is 49.6 Å². The van der Waals surface area contributed by atoms with Gasteiger partial charge in [-0.2, -0.15) is 0 Å². The molecule has 7 nitrogen and oxygen atoms in total. The molecule has 0 saturated carbocycles. The van der Waals surface area contributed by atoms with E-state index in [-0.39, 0.29) is 36.8 Å². The van der Waals surface area contributed by atoms with Crippen molar-refractivity contribution in [3.05, 3.63) is 59.9 Å². The third-order valence-electron chi connectivity index (χ3n) is 5.10. The molecule has 0 spiro atoms. The number of hydrogen-bond donors (Lipinski definition) is 2. The van der Waals surface area contributed by atoms with Crippen LogP contribution in [-0.4, -0.2) is 59.7 Å². The number of hydrogen-bond acceptors (Lipinski definition) is 5. The van der Waals surface area contributed by atoms with E-state index in [0.717, 1.165) is 5.56 Å². The topological polar surface area (TPSA) is 91.8 Å². The Kier molecular flexibility index (Phi) is 6.60. The molecule has 1 fully saturated rings. The van der Waals surface area contributed by atoms with Crippen molar-refractivity contribution in [1.29, 1.82) is 0 Å². The minimum Gasteiger partial charge on any atom is -0.496 e. The van der Waals surface area contributed by atoms with E-state index in [2.05, 4.69) is 10.3 Å². The van der Waals surface area contributed by atoms with Gasteiger partial charge in [-0.25, -0.2) is 0 Å². The first-order valence-corrected chi connectivity index (χ1v) is 9.33. The van der Waals surface area contributed by atoms with Gasteiger partial charge in [0.05, 0.1) is 19.1 Å². The highest BCUT2D eigenvalue weighted by molar-refractivity contribution is 5.94. The van der Waals surface area contributed by atoms with Gasteiger partial charge >= 0.3 is 0 Å². The highest BCUT2D eigenvalue weighted by atomic mass is 16.5. The third kappa shape index (κ3) is 4.67. The third-order valence-corrected chi connectivity index (χ3v) is 5.10. The second-order valence-corrected chi connectivity index (χ2v) is 6.88. The molecule has 0 bridgehead atoms. The Labute approximate surface area is 164 Å². The van der Waals surface area contributed by atoms with E-state index >= 15 is 0 Å². The van der Waals surface area contributed by atoms with E-state index in [4.69, 9.17) is 4.74 Å². The van der Waals surface area contributed by atoms with E-state index in [0.29, 0.717) is 30.8 Å². The summed E-state index contributed by atoms with van der Waals surface area (Å²) < 4.78 is 5.32. The second kappa shape index (κ2) is 9.32. The smallest absolute Gasteiger partial charge is 0.253 e. The molecule has 3 rings (SSSR count). The Morgan fingerprint density at radius 1 is 1.29 bits per heavy atom. The molecular formula is C21H25N3O4. The van der Waals surface area contributed by atoms with Gasteiger partial charge in [-0.15, -0.1) is 0 Å². The van der Waals surface area contributed by atoms with Gasteiger partial charge in [0.2, 0.25) is 5.91 Å². The van der Waals surface area contributed by atoms with Crippen LogP contribution < -0.4 is 10.1 Å². The number of aliphatic hydroxyl groups excluding tert-OH is 1. The van der Waals surface area contributed by atoms with Gasteiger partial charge in [0.1, 0.15) is 5.75 Å². The minimum atomic E-state index is -0.217. The zero-order chi connectivity index (χ0) is 19.9. The Bertz CT molecular complexity index is 812. The van der Waals surface area contributed by atoms with Gasteiger partial charge in [0.25, 0.3) is 5.91 Å². The molecule has 2 N–H and O–H groups in total. The number of nitrogens with one attached hydrogen (secondary N) is 1. The molecule has 2 heterocycles. The number of nitrogens with zero attached hydrogens (tertiary/aromatic N) is 2. The van der Waals surface area contributed by atoms with Gasteiger partial charge in [-0.3, -0.25) is 14.6 Å². The van der Waals surface area contributed by atoms with Crippen LogP contribution in [0.25, 0.3) is 0 Å². The Morgan fingerprint density at radius 2 is 2.11 bits per heavy atom. The number of piperidine rings is 1. The molecule has 1 aromatic heterocycles. The maximum atomic E-state index is 12.7. The summed E-state index contributed by atoms with van der Waals surface area (Å²) in [6.07, 6.45) is 3.96. The SMILES string of the molecule is COc1ccccc1CC(=O)N1CC[C@@H](NC(=O)c2cccnc2)[C@@H](CO)C1. The number of amides is 2. The Hall–Kier alpha value is -2.93. The number of ether oxygens (including phenoxy) is 1. The van der Waals surface area contributed by atoms with Crippen LogP contribution in [-0.2, 0) is 11.2 Å². The van der Waals surface area contributed by atoms with E-state index in [1.165, 1.54) is 6.20 Å². The summed E-state index contributed by atoms with van der Waals surface area (Å²) in [6.45, 7) is 0.835. The van der Waals surface area contributed by atoms with Crippen LogP contribution in [0.4, 0.5) is 0 Å². The highest BCUT2D eigenvalue weighted by Gasteiger charge is 2.32. The number of methoxy groups -OCH3 is 1. The van der Waals surface area contributed by atoms with Crippen LogP contribution in [0.3, 0.4) is 0 Å². The number of carbonyl (C=O) groups excluding carboxylic acids is 2. The molecule has 28 heavy (non-hydrogen) atoms. The van der Waals surface area contributed by atoms with Crippen molar-refractivity contribution in [2.75, 3.05) is 26.8 Å². The fourth-order valence-corrected chi connectivity index (χ4v) is 3.51. The zero-order valence-electron chi connectivity index (χ0n) is 15.9. The number of carbonyl (C=O) groups is 2. The predicted molar refractivity (Wildman–Crippen MR) is 104 cm³/mol. The fourth-order valence-electron chi connectivity index (χ4n) is 3.51. The summed E-state index contributed by atoms with van der Waals surface area (Å²) in [4.78, 5) is 30.8.